The highest BCUT2D eigenvalue weighted by atomic mass is 16.1. The molecule has 0 saturated carbocycles. The van der Waals surface area contributed by atoms with E-state index in [4.69, 9.17) is 11.5 Å². The van der Waals surface area contributed by atoms with Gasteiger partial charge in [0.2, 0.25) is 5.91 Å². The molecule has 1 aromatic carbocycles. The van der Waals surface area contributed by atoms with E-state index in [1.165, 1.54) is 0 Å². The van der Waals surface area contributed by atoms with E-state index in [9.17, 15) is 4.79 Å². The summed E-state index contributed by atoms with van der Waals surface area (Å²) < 4.78 is 1.79. The van der Waals surface area contributed by atoms with E-state index in [0.717, 1.165) is 17.7 Å². The number of carbonyl (C=O) groups excluding carboxylic acids is 1. The van der Waals surface area contributed by atoms with Crippen LogP contribution in [0.15, 0.2) is 42.7 Å². The molecular formula is C14H18N4O. The highest BCUT2D eigenvalue weighted by Gasteiger charge is 2.09. The molecule has 0 aliphatic carbocycles. The van der Waals surface area contributed by atoms with Crippen molar-refractivity contribution in [2.75, 3.05) is 0 Å². The molecule has 5 nitrogen and oxygen atoms in total. The van der Waals surface area contributed by atoms with Crippen LogP contribution in [0.25, 0.3) is 5.69 Å². The van der Waals surface area contributed by atoms with Gasteiger partial charge in [0.1, 0.15) is 0 Å². The van der Waals surface area contributed by atoms with E-state index >= 15 is 0 Å². The van der Waals surface area contributed by atoms with Gasteiger partial charge in [0.25, 0.3) is 0 Å². The molecule has 0 bridgehead atoms. The predicted octanol–water partition coefficient (Wildman–Crippen LogP) is 1.53. The summed E-state index contributed by atoms with van der Waals surface area (Å²) in [4.78, 5) is 10.7. The van der Waals surface area contributed by atoms with Crippen molar-refractivity contribution < 1.29 is 4.79 Å². The second-order valence-electron chi connectivity index (χ2n) is 4.52. The first-order chi connectivity index (χ1) is 9.16. The molecule has 1 atom stereocenters. The molecule has 0 radical (unpaired) electrons. The molecule has 0 aliphatic rings. The molecule has 19 heavy (non-hydrogen) atoms. The van der Waals surface area contributed by atoms with Crippen LogP contribution in [0.3, 0.4) is 0 Å². The van der Waals surface area contributed by atoms with Crippen molar-refractivity contribution in [3.05, 3.63) is 48.3 Å². The van der Waals surface area contributed by atoms with Crippen LogP contribution in [-0.2, 0) is 4.79 Å². The monoisotopic (exact) mass is 258 g/mol. The van der Waals surface area contributed by atoms with Crippen LogP contribution in [0.2, 0.25) is 0 Å². The SMILES string of the molecule is NC(=O)CCCC(N)c1cnn(-c2ccccc2)c1. The van der Waals surface area contributed by atoms with Crippen LogP contribution in [0.1, 0.15) is 30.9 Å². The highest BCUT2D eigenvalue weighted by molar-refractivity contribution is 5.73. The molecule has 1 unspecified atom stereocenters. The maximum Gasteiger partial charge on any atom is 0.217 e. The first kappa shape index (κ1) is 13.3. The summed E-state index contributed by atoms with van der Waals surface area (Å²) in [6.07, 6.45) is 5.49. The summed E-state index contributed by atoms with van der Waals surface area (Å²) in [5, 5.41) is 4.30. The number of para-hydroxylation sites is 1. The number of amides is 1. The number of hydrogen-bond acceptors (Lipinski definition) is 3. The zero-order valence-corrected chi connectivity index (χ0v) is 10.7. The van der Waals surface area contributed by atoms with E-state index in [1.54, 1.807) is 10.9 Å². The van der Waals surface area contributed by atoms with Crippen LogP contribution in [0.4, 0.5) is 0 Å². The van der Waals surface area contributed by atoms with E-state index in [1.807, 2.05) is 36.5 Å². The molecule has 4 N–H and O–H groups in total. The number of rotatable bonds is 6. The third kappa shape index (κ3) is 3.66. The van der Waals surface area contributed by atoms with Crippen LogP contribution in [-0.4, -0.2) is 15.7 Å². The van der Waals surface area contributed by atoms with Crippen molar-refractivity contribution in [3.63, 3.8) is 0 Å². The van der Waals surface area contributed by atoms with E-state index < -0.39 is 0 Å². The van der Waals surface area contributed by atoms with Crippen LogP contribution in [0.5, 0.6) is 0 Å². The van der Waals surface area contributed by atoms with Gasteiger partial charge in [-0.1, -0.05) is 18.2 Å². The first-order valence-electron chi connectivity index (χ1n) is 6.30. The number of benzene rings is 1. The van der Waals surface area contributed by atoms with E-state index in [-0.39, 0.29) is 11.9 Å². The van der Waals surface area contributed by atoms with Gasteiger partial charge in [0, 0.05) is 24.2 Å². The van der Waals surface area contributed by atoms with Crippen LogP contribution < -0.4 is 11.5 Å². The topological polar surface area (TPSA) is 86.9 Å². The van der Waals surface area contributed by atoms with Gasteiger partial charge in [0.05, 0.1) is 11.9 Å². The zero-order chi connectivity index (χ0) is 13.7. The molecule has 5 heteroatoms. The minimum absolute atomic E-state index is 0.114. The lowest BCUT2D eigenvalue weighted by Gasteiger charge is -2.07. The Morgan fingerprint density at radius 3 is 2.74 bits per heavy atom. The molecule has 0 aliphatic heterocycles. The van der Waals surface area contributed by atoms with Crippen molar-refractivity contribution in [1.29, 1.82) is 0 Å². The Balaban J connectivity index is 1.99. The Morgan fingerprint density at radius 2 is 2.05 bits per heavy atom. The second kappa shape index (κ2) is 6.15. The molecule has 1 aromatic heterocycles. The summed E-state index contributed by atoms with van der Waals surface area (Å²) in [6.45, 7) is 0. The van der Waals surface area contributed by atoms with Gasteiger partial charge >= 0.3 is 0 Å². The van der Waals surface area contributed by atoms with Gasteiger partial charge in [-0.3, -0.25) is 4.79 Å². The molecule has 0 spiro atoms. The summed E-state index contributed by atoms with van der Waals surface area (Å²) in [6, 6.07) is 9.73. The molecular weight excluding hydrogens is 240 g/mol. The Bertz CT molecular complexity index is 535. The third-order valence-corrected chi connectivity index (χ3v) is 2.99. The van der Waals surface area contributed by atoms with Gasteiger partial charge in [0.15, 0.2) is 0 Å². The normalized spacial score (nSPS) is 12.3. The third-order valence-electron chi connectivity index (χ3n) is 2.99. The van der Waals surface area contributed by atoms with Crippen LogP contribution >= 0.6 is 0 Å². The summed E-state index contributed by atoms with van der Waals surface area (Å²) >= 11 is 0. The fourth-order valence-electron chi connectivity index (χ4n) is 1.91. The van der Waals surface area contributed by atoms with Gasteiger partial charge in [-0.15, -0.1) is 0 Å². The Kier molecular flexibility index (Phi) is 4.30. The van der Waals surface area contributed by atoms with E-state index in [2.05, 4.69) is 5.10 Å². The average molecular weight is 258 g/mol. The summed E-state index contributed by atoms with van der Waals surface area (Å²) in [5.74, 6) is -0.285. The number of carbonyl (C=O) groups is 1. The average Bonchev–Trinajstić information content (AvgIpc) is 2.89. The zero-order valence-electron chi connectivity index (χ0n) is 10.7. The fourth-order valence-corrected chi connectivity index (χ4v) is 1.91. The standard InChI is InChI=1S/C14H18N4O/c15-13(7-4-8-14(16)19)11-9-17-18(10-11)12-5-2-1-3-6-12/h1-3,5-6,9-10,13H,4,7-8,15H2,(H2,16,19). The van der Waals surface area contributed by atoms with Crippen LogP contribution in [0, 0.1) is 0 Å². The van der Waals surface area contributed by atoms with Crippen molar-refractivity contribution in [2.45, 2.75) is 25.3 Å². The Hall–Kier alpha value is -2.14. The Labute approximate surface area is 112 Å². The number of nitrogens with zero attached hydrogens (tertiary/aromatic N) is 2. The van der Waals surface area contributed by atoms with Crippen molar-refractivity contribution in [2.24, 2.45) is 11.5 Å². The van der Waals surface area contributed by atoms with Crippen molar-refractivity contribution in [1.82, 2.24) is 9.78 Å². The lowest BCUT2D eigenvalue weighted by Crippen LogP contribution is -2.13. The molecule has 100 valence electrons. The second-order valence-corrected chi connectivity index (χ2v) is 4.52. The molecule has 2 aromatic rings. The fraction of sp³-hybridized carbons (Fsp3) is 0.286. The summed E-state index contributed by atoms with van der Waals surface area (Å²) in [5.41, 5.74) is 13.1. The number of hydrogen-bond donors (Lipinski definition) is 2. The molecule has 1 amide bonds. The minimum Gasteiger partial charge on any atom is -0.370 e. The van der Waals surface area contributed by atoms with Crippen molar-refractivity contribution in [3.8, 4) is 5.69 Å². The largest absolute Gasteiger partial charge is 0.370 e. The number of nitrogens with two attached hydrogens (primary N) is 2. The highest BCUT2D eigenvalue weighted by Crippen LogP contribution is 2.17. The number of aromatic nitrogens is 2. The van der Waals surface area contributed by atoms with Gasteiger partial charge in [-0.05, 0) is 25.0 Å². The lowest BCUT2D eigenvalue weighted by molar-refractivity contribution is -0.118. The molecule has 1 heterocycles. The van der Waals surface area contributed by atoms with Gasteiger partial charge in [-0.25, -0.2) is 4.68 Å². The first-order valence-corrected chi connectivity index (χ1v) is 6.30. The number of primary amides is 1. The molecule has 0 saturated heterocycles. The van der Waals surface area contributed by atoms with Gasteiger partial charge < -0.3 is 11.5 Å². The maximum atomic E-state index is 10.7. The van der Waals surface area contributed by atoms with Crippen molar-refractivity contribution >= 4 is 5.91 Å². The quantitative estimate of drug-likeness (QED) is 0.823. The lowest BCUT2D eigenvalue weighted by atomic mass is 10.1. The Morgan fingerprint density at radius 1 is 1.32 bits per heavy atom. The van der Waals surface area contributed by atoms with Gasteiger partial charge in [-0.2, -0.15) is 5.10 Å². The minimum atomic E-state index is -0.285. The maximum absolute atomic E-state index is 10.7. The van der Waals surface area contributed by atoms with E-state index in [0.29, 0.717) is 12.8 Å². The molecule has 0 fully saturated rings. The predicted molar refractivity (Wildman–Crippen MR) is 73.5 cm³/mol. The smallest absolute Gasteiger partial charge is 0.217 e. The molecule has 2 rings (SSSR count). The summed E-state index contributed by atoms with van der Waals surface area (Å²) in [7, 11) is 0.